The van der Waals surface area contributed by atoms with Crippen molar-refractivity contribution in [1.29, 1.82) is 0 Å². The van der Waals surface area contributed by atoms with Crippen LogP contribution in [0.4, 0.5) is 0 Å². The van der Waals surface area contributed by atoms with Gasteiger partial charge in [0, 0.05) is 17.3 Å². The smallest absolute Gasteiger partial charge is 0.336 e. The van der Waals surface area contributed by atoms with Crippen molar-refractivity contribution in [3.8, 4) is 0 Å². The van der Waals surface area contributed by atoms with Gasteiger partial charge in [-0.3, -0.25) is 9.79 Å². The number of hydrogen-bond donors (Lipinski definition) is 0. The first-order chi connectivity index (χ1) is 16.2. The van der Waals surface area contributed by atoms with E-state index in [4.69, 9.17) is 32.7 Å². The predicted octanol–water partition coefficient (Wildman–Crippen LogP) is 6.57. The summed E-state index contributed by atoms with van der Waals surface area (Å²) in [4.78, 5) is 31.0. The fourth-order valence-electron chi connectivity index (χ4n) is 4.17. The molecule has 0 saturated carbocycles. The zero-order valence-corrected chi connectivity index (χ0v) is 21.3. The number of ether oxygens (including phenoxy) is 2. The Labute approximate surface area is 210 Å². The second-order valence-corrected chi connectivity index (χ2v) is 9.35. The van der Waals surface area contributed by atoms with Crippen molar-refractivity contribution in [1.82, 2.24) is 0 Å². The average Bonchev–Trinajstić information content (AvgIpc) is 2.78. The lowest BCUT2D eigenvalue weighted by molar-refractivity contribution is -0.150. The molecule has 180 valence electrons. The molecule has 2 aromatic carbocycles. The summed E-state index contributed by atoms with van der Waals surface area (Å²) in [5.41, 5.74) is 3.06. The summed E-state index contributed by atoms with van der Waals surface area (Å²) in [7, 11) is 0. The molecule has 0 N–H and O–H groups in total. The number of esters is 2. The van der Waals surface area contributed by atoms with Crippen molar-refractivity contribution in [3.05, 3.63) is 81.0 Å². The molecule has 34 heavy (non-hydrogen) atoms. The van der Waals surface area contributed by atoms with E-state index in [0.29, 0.717) is 34.0 Å². The van der Waals surface area contributed by atoms with Gasteiger partial charge in [0.25, 0.3) is 0 Å². The van der Waals surface area contributed by atoms with E-state index < -0.39 is 23.8 Å². The van der Waals surface area contributed by atoms with Gasteiger partial charge in [0.1, 0.15) is 5.92 Å². The Bertz CT molecular complexity index is 1110. The van der Waals surface area contributed by atoms with E-state index in [9.17, 15) is 9.59 Å². The van der Waals surface area contributed by atoms with Crippen LogP contribution in [-0.2, 0) is 25.5 Å². The van der Waals surface area contributed by atoms with Gasteiger partial charge >= 0.3 is 11.9 Å². The standard InChI is InChI=1S/C27H29Cl2NO4/c1-16(2)34-27(32)23-18(4)30-17(3)22(24(23)20-13-8-14-21(28)25(20)29)26(31)33-15-9-12-19-10-6-5-7-11-19/h5-8,10-11,13-14,16,23-24H,9,12,15H2,1-4H3. The van der Waals surface area contributed by atoms with Gasteiger partial charge in [-0.05, 0) is 57.7 Å². The van der Waals surface area contributed by atoms with Crippen LogP contribution in [0.5, 0.6) is 0 Å². The molecule has 2 unspecified atom stereocenters. The highest BCUT2D eigenvalue weighted by Crippen LogP contribution is 2.44. The molecule has 0 fully saturated rings. The normalized spacial score (nSPS) is 18.0. The highest BCUT2D eigenvalue weighted by molar-refractivity contribution is 6.42. The third-order valence-electron chi connectivity index (χ3n) is 5.66. The van der Waals surface area contributed by atoms with Crippen molar-refractivity contribution in [2.24, 2.45) is 10.9 Å². The third kappa shape index (κ3) is 6.08. The summed E-state index contributed by atoms with van der Waals surface area (Å²) in [6.07, 6.45) is 1.14. The van der Waals surface area contributed by atoms with Crippen LogP contribution in [0.2, 0.25) is 10.0 Å². The maximum absolute atomic E-state index is 13.3. The number of carbonyl (C=O) groups excluding carboxylic acids is 2. The molecule has 0 radical (unpaired) electrons. The summed E-state index contributed by atoms with van der Waals surface area (Å²) in [5, 5.41) is 0.622. The largest absolute Gasteiger partial charge is 0.462 e. The van der Waals surface area contributed by atoms with Gasteiger partial charge in [-0.1, -0.05) is 65.7 Å². The van der Waals surface area contributed by atoms with Gasteiger partial charge in [-0.2, -0.15) is 0 Å². The number of aliphatic imine (C=N–C) groups is 1. The quantitative estimate of drug-likeness (QED) is 0.303. The molecule has 3 rings (SSSR count). The van der Waals surface area contributed by atoms with E-state index in [1.54, 1.807) is 45.9 Å². The predicted molar refractivity (Wildman–Crippen MR) is 135 cm³/mol. The maximum atomic E-state index is 13.3. The van der Waals surface area contributed by atoms with Crippen molar-refractivity contribution in [2.45, 2.75) is 52.6 Å². The Hall–Kier alpha value is -2.63. The maximum Gasteiger partial charge on any atom is 0.336 e. The monoisotopic (exact) mass is 501 g/mol. The van der Waals surface area contributed by atoms with Gasteiger partial charge in [-0.25, -0.2) is 4.79 Å². The number of rotatable bonds is 8. The lowest BCUT2D eigenvalue weighted by Crippen LogP contribution is -2.37. The van der Waals surface area contributed by atoms with E-state index in [2.05, 4.69) is 4.99 Å². The Morgan fingerprint density at radius 2 is 1.74 bits per heavy atom. The summed E-state index contributed by atoms with van der Waals surface area (Å²) in [6, 6.07) is 15.2. The summed E-state index contributed by atoms with van der Waals surface area (Å²) in [6.45, 7) is 7.28. The molecule has 0 bridgehead atoms. The molecule has 2 atom stereocenters. The van der Waals surface area contributed by atoms with Crippen LogP contribution >= 0.6 is 23.2 Å². The average molecular weight is 502 g/mol. The van der Waals surface area contributed by atoms with Crippen LogP contribution in [0.15, 0.2) is 64.8 Å². The lowest BCUT2D eigenvalue weighted by atomic mass is 9.75. The van der Waals surface area contributed by atoms with Crippen molar-refractivity contribution in [3.63, 3.8) is 0 Å². The molecular weight excluding hydrogens is 473 g/mol. The zero-order chi connectivity index (χ0) is 24.8. The Balaban J connectivity index is 1.91. The molecule has 0 aromatic heterocycles. The van der Waals surface area contributed by atoms with Crippen LogP contribution in [-0.4, -0.2) is 30.4 Å². The van der Waals surface area contributed by atoms with Crippen molar-refractivity contribution >= 4 is 40.9 Å². The van der Waals surface area contributed by atoms with Gasteiger partial charge in [0.15, 0.2) is 0 Å². The molecule has 2 aromatic rings. The second kappa shape index (κ2) is 11.7. The molecule has 1 aliphatic rings. The number of hydrogen-bond acceptors (Lipinski definition) is 5. The van der Waals surface area contributed by atoms with Crippen LogP contribution in [0, 0.1) is 5.92 Å². The lowest BCUT2D eigenvalue weighted by Gasteiger charge is -2.32. The molecule has 0 amide bonds. The van der Waals surface area contributed by atoms with Gasteiger partial charge in [0.05, 0.1) is 28.3 Å². The summed E-state index contributed by atoms with van der Waals surface area (Å²) < 4.78 is 11.2. The topological polar surface area (TPSA) is 65.0 Å². The van der Waals surface area contributed by atoms with Crippen LogP contribution < -0.4 is 0 Å². The number of halogens is 2. The molecule has 1 heterocycles. The van der Waals surface area contributed by atoms with E-state index >= 15 is 0 Å². The highest BCUT2D eigenvalue weighted by atomic mass is 35.5. The Kier molecular flexibility index (Phi) is 8.92. The van der Waals surface area contributed by atoms with E-state index in [1.807, 2.05) is 30.3 Å². The number of carbonyl (C=O) groups is 2. The minimum Gasteiger partial charge on any atom is -0.462 e. The molecule has 0 saturated heterocycles. The number of aryl methyl sites for hydroxylation is 1. The zero-order valence-electron chi connectivity index (χ0n) is 19.8. The van der Waals surface area contributed by atoms with E-state index in [-0.39, 0.29) is 17.7 Å². The first kappa shape index (κ1) is 26.0. The number of allylic oxidation sites excluding steroid dienone is 1. The SMILES string of the molecule is CC1=NC(C)=C(C(=O)OCCCc2ccccc2)C(c2cccc(Cl)c2Cl)C1C(=O)OC(C)C. The minimum atomic E-state index is -0.825. The summed E-state index contributed by atoms with van der Waals surface area (Å²) in [5.74, 6) is -2.55. The van der Waals surface area contributed by atoms with Crippen LogP contribution in [0.25, 0.3) is 0 Å². The van der Waals surface area contributed by atoms with Crippen LogP contribution in [0.3, 0.4) is 0 Å². The molecule has 0 aliphatic carbocycles. The van der Waals surface area contributed by atoms with Crippen molar-refractivity contribution < 1.29 is 19.1 Å². The minimum absolute atomic E-state index is 0.240. The Morgan fingerprint density at radius 1 is 1.03 bits per heavy atom. The number of nitrogens with zero attached hydrogens (tertiary/aromatic N) is 1. The van der Waals surface area contributed by atoms with E-state index in [0.717, 1.165) is 6.42 Å². The first-order valence-corrected chi connectivity index (χ1v) is 12.1. The van der Waals surface area contributed by atoms with Crippen LogP contribution in [0.1, 0.15) is 51.2 Å². The highest BCUT2D eigenvalue weighted by Gasteiger charge is 2.43. The molecule has 5 nitrogen and oxygen atoms in total. The van der Waals surface area contributed by atoms with Gasteiger partial charge < -0.3 is 9.47 Å². The fourth-order valence-corrected chi connectivity index (χ4v) is 4.60. The third-order valence-corrected chi connectivity index (χ3v) is 6.49. The fraction of sp³-hybridized carbons (Fsp3) is 0.370. The van der Waals surface area contributed by atoms with Crippen molar-refractivity contribution in [2.75, 3.05) is 6.61 Å². The second-order valence-electron chi connectivity index (χ2n) is 8.56. The van der Waals surface area contributed by atoms with Gasteiger partial charge in [0.2, 0.25) is 0 Å². The van der Waals surface area contributed by atoms with E-state index in [1.165, 1.54) is 5.56 Å². The molecule has 7 heteroatoms. The number of benzene rings is 2. The van der Waals surface area contributed by atoms with Gasteiger partial charge in [-0.15, -0.1) is 0 Å². The Morgan fingerprint density at radius 3 is 2.41 bits per heavy atom. The molecule has 1 aliphatic heterocycles. The molecular formula is C27H29Cl2NO4. The summed E-state index contributed by atoms with van der Waals surface area (Å²) >= 11 is 12.9. The first-order valence-electron chi connectivity index (χ1n) is 11.3. The molecule has 0 spiro atoms.